The molecule has 1 amide bonds. The van der Waals surface area contributed by atoms with Crippen LogP contribution < -0.4 is 0 Å². The van der Waals surface area contributed by atoms with E-state index in [4.69, 9.17) is 4.74 Å². The lowest BCUT2D eigenvalue weighted by molar-refractivity contribution is -0.141. The van der Waals surface area contributed by atoms with Crippen LogP contribution >= 0.6 is 22.7 Å². The quantitative estimate of drug-likeness (QED) is 0.536. The molecule has 1 aromatic carbocycles. The van der Waals surface area contributed by atoms with Gasteiger partial charge in [0.15, 0.2) is 0 Å². The third-order valence-corrected chi connectivity index (χ3v) is 5.93. The Bertz CT molecular complexity index is 876. The van der Waals surface area contributed by atoms with Crippen LogP contribution in [-0.4, -0.2) is 35.4 Å². The Morgan fingerprint density at radius 3 is 2.63 bits per heavy atom. The van der Waals surface area contributed by atoms with Gasteiger partial charge in [0.25, 0.3) is 0 Å². The lowest BCUT2D eigenvalue weighted by atomic mass is 10.2. The van der Waals surface area contributed by atoms with Crippen molar-refractivity contribution in [3.05, 3.63) is 64.5 Å². The number of hydrogen-bond donors (Lipinski definition) is 0. The minimum atomic E-state index is -0.325. The minimum Gasteiger partial charge on any atom is -0.469 e. The van der Waals surface area contributed by atoms with E-state index in [0.29, 0.717) is 13.1 Å². The summed E-state index contributed by atoms with van der Waals surface area (Å²) in [4.78, 5) is 31.7. The number of carbonyl (C=O) groups is 2. The predicted molar refractivity (Wildman–Crippen MR) is 108 cm³/mol. The molecule has 0 aliphatic carbocycles. The highest BCUT2D eigenvalue weighted by Crippen LogP contribution is 2.28. The van der Waals surface area contributed by atoms with E-state index in [9.17, 15) is 9.59 Å². The number of amides is 1. The molecule has 0 bridgehead atoms. The number of benzene rings is 1. The zero-order chi connectivity index (χ0) is 19.1. The molecule has 0 fully saturated rings. The van der Waals surface area contributed by atoms with Crippen molar-refractivity contribution in [1.82, 2.24) is 9.88 Å². The first-order valence-corrected chi connectivity index (χ1v) is 10.3. The molecule has 0 aliphatic rings. The second-order valence-electron chi connectivity index (χ2n) is 5.93. The fourth-order valence-corrected chi connectivity index (χ4v) is 4.23. The summed E-state index contributed by atoms with van der Waals surface area (Å²) in [6, 6.07) is 13.8. The molecule has 140 valence electrons. The highest BCUT2D eigenvalue weighted by molar-refractivity contribution is 7.20. The first-order valence-electron chi connectivity index (χ1n) is 8.52. The third-order valence-electron chi connectivity index (χ3n) is 4.00. The molecule has 0 saturated carbocycles. The molecule has 0 unspecified atom stereocenters. The Morgan fingerprint density at radius 2 is 1.93 bits per heavy atom. The van der Waals surface area contributed by atoms with Crippen LogP contribution in [0.25, 0.3) is 9.88 Å². The predicted octanol–water partition coefficient (Wildman–Crippen LogP) is 4.01. The van der Waals surface area contributed by atoms with Gasteiger partial charge in [-0.05, 0) is 17.0 Å². The molecule has 2 aromatic heterocycles. The maximum Gasteiger partial charge on any atom is 0.307 e. The summed E-state index contributed by atoms with van der Waals surface area (Å²) in [6.07, 6.45) is 0.391. The van der Waals surface area contributed by atoms with Crippen LogP contribution in [0.4, 0.5) is 0 Å². The van der Waals surface area contributed by atoms with Crippen molar-refractivity contribution < 1.29 is 14.3 Å². The van der Waals surface area contributed by atoms with E-state index in [1.54, 1.807) is 27.6 Å². The second kappa shape index (κ2) is 9.43. The summed E-state index contributed by atoms with van der Waals surface area (Å²) in [5, 5.41) is 4.86. The number of methoxy groups -OCH3 is 1. The highest BCUT2D eigenvalue weighted by Gasteiger charge is 2.18. The average molecular weight is 401 g/mol. The standard InChI is InChI=1S/C20H20N2O3S2/c1-25-19(24)9-10-22(13-15-6-3-2-4-7-15)18(23)12-16-14-27-20(21-16)17-8-5-11-26-17/h2-8,11,14H,9-10,12-13H2,1H3. The van der Waals surface area contributed by atoms with Gasteiger partial charge in [0.1, 0.15) is 5.01 Å². The van der Waals surface area contributed by atoms with Crippen molar-refractivity contribution in [1.29, 1.82) is 0 Å². The number of hydrogen-bond acceptors (Lipinski definition) is 6. The normalized spacial score (nSPS) is 10.6. The summed E-state index contributed by atoms with van der Waals surface area (Å²) < 4.78 is 4.71. The molecular weight excluding hydrogens is 380 g/mol. The van der Waals surface area contributed by atoms with Crippen molar-refractivity contribution in [3.8, 4) is 9.88 Å². The highest BCUT2D eigenvalue weighted by atomic mass is 32.1. The van der Waals surface area contributed by atoms with E-state index in [1.165, 1.54) is 7.11 Å². The molecule has 5 nitrogen and oxygen atoms in total. The van der Waals surface area contributed by atoms with Gasteiger partial charge < -0.3 is 9.64 Å². The molecule has 0 spiro atoms. The Hall–Kier alpha value is -2.51. The lowest BCUT2D eigenvalue weighted by Gasteiger charge is -2.22. The molecule has 3 rings (SSSR count). The van der Waals surface area contributed by atoms with Crippen molar-refractivity contribution in [2.75, 3.05) is 13.7 Å². The van der Waals surface area contributed by atoms with Crippen LogP contribution in [0.2, 0.25) is 0 Å². The van der Waals surface area contributed by atoms with E-state index < -0.39 is 0 Å². The zero-order valence-corrected chi connectivity index (χ0v) is 16.6. The van der Waals surface area contributed by atoms with Crippen LogP contribution in [0, 0.1) is 0 Å². The van der Waals surface area contributed by atoms with Crippen LogP contribution in [0.3, 0.4) is 0 Å². The van der Waals surface area contributed by atoms with Crippen molar-refractivity contribution in [2.45, 2.75) is 19.4 Å². The van der Waals surface area contributed by atoms with Gasteiger partial charge in [-0.15, -0.1) is 22.7 Å². The van der Waals surface area contributed by atoms with E-state index >= 15 is 0 Å². The lowest BCUT2D eigenvalue weighted by Crippen LogP contribution is -2.34. The second-order valence-corrected chi connectivity index (χ2v) is 7.73. The summed E-state index contributed by atoms with van der Waals surface area (Å²) in [5.41, 5.74) is 1.78. The topological polar surface area (TPSA) is 59.5 Å². The molecule has 0 radical (unpaired) electrons. The number of thiophene rings is 1. The van der Waals surface area contributed by atoms with Crippen molar-refractivity contribution in [3.63, 3.8) is 0 Å². The Balaban J connectivity index is 1.68. The Labute approximate surface area is 166 Å². The minimum absolute atomic E-state index is 0.0502. The van der Waals surface area contributed by atoms with Crippen LogP contribution in [0.1, 0.15) is 17.7 Å². The molecule has 27 heavy (non-hydrogen) atoms. The number of esters is 1. The SMILES string of the molecule is COC(=O)CCN(Cc1ccccc1)C(=O)Cc1csc(-c2cccs2)n1. The van der Waals surface area contributed by atoms with Gasteiger partial charge in [0, 0.05) is 18.5 Å². The van der Waals surface area contributed by atoms with E-state index in [1.807, 2.05) is 53.2 Å². The van der Waals surface area contributed by atoms with E-state index in [-0.39, 0.29) is 24.7 Å². The first-order chi connectivity index (χ1) is 13.2. The number of rotatable bonds is 8. The Kier molecular flexibility index (Phi) is 6.73. The third kappa shape index (κ3) is 5.48. The number of ether oxygens (including phenoxy) is 1. The van der Waals surface area contributed by atoms with Gasteiger partial charge >= 0.3 is 5.97 Å². The van der Waals surface area contributed by atoms with Crippen LogP contribution in [0.5, 0.6) is 0 Å². The van der Waals surface area contributed by atoms with Crippen LogP contribution in [0.15, 0.2) is 53.2 Å². The van der Waals surface area contributed by atoms with Gasteiger partial charge in [-0.3, -0.25) is 9.59 Å². The summed E-state index contributed by atoms with van der Waals surface area (Å²) in [5.74, 6) is -0.375. The Morgan fingerprint density at radius 1 is 1.11 bits per heavy atom. The molecule has 0 atom stereocenters. The zero-order valence-electron chi connectivity index (χ0n) is 15.0. The number of nitrogens with zero attached hydrogens (tertiary/aromatic N) is 2. The monoisotopic (exact) mass is 400 g/mol. The summed E-state index contributed by atoms with van der Waals surface area (Å²) in [7, 11) is 1.35. The maximum absolute atomic E-state index is 12.9. The molecule has 0 aliphatic heterocycles. The molecule has 7 heteroatoms. The molecule has 0 N–H and O–H groups in total. The molecule has 3 aromatic rings. The maximum atomic E-state index is 12.9. The fraction of sp³-hybridized carbons (Fsp3) is 0.250. The summed E-state index contributed by atoms with van der Waals surface area (Å²) in [6.45, 7) is 0.779. The number of carbonyl (C=O) groups excluding carboxylic acids is 2. The first kappa shape index (κ1) is 19.3. The van der Waals surface area contributed by atoms with Crippen LogP contribution in [-0.2, 0) is 27.3 Å². The van der Waals surface area contributed by atoms with E-state index in [2.05, 4.69) is 4.98 Å². The van der Waals surface area contributed by atoms with Gasteiger partial charge in [-0.1, -0.05) is 36.4 Å². The van der Waals surface area contributed by atoms with Gasteiger partial charge in [-0.25, -0.2) is 4.98 Å². The smallest absolute Gasteiger partial charge is 0.307 e. The average Bonchev–Trinajstić information content (AvgIpc) is 3.37. The van der Waals surface area contributed by atoms with Gasteiger partial charge in [0.05, 0.1) is 30.5 Å². The molecule has 2 heterocycles. The van der Waals surface area contributed by atoms with Crippen molar-refractivity contribution >= 4 is 34.6 Å². The summed E-state index contributed by atoms with van der Waals surface area (Å²) >= 11 is 3.17. The number of thiazole rings is 1. The molecule has 0 saturated heterocycles. The van der Waals surface area contributed by atoms with Gasteiger partial charge in [0.2, 0.25) is 5.91 Å². The fourth-order valence-electron chi connectivity index (χ4n) is 2.59. The van der Waals surface area contributed by atoms with E-state index in [0.717, 1.165) is 21.1 Å². The molecular formula is C20H20N2O3S2. The van der Waals surface area contributed by atoms with Crippen molar-refractivity contribution in [2.24, 2.45) is 0 Å². The number of aromatic nitrogens is 1. The van der Waals surface area contributed by atoms with Gasteiger partial charge in [-0.2, -0.15) is 0 Å². The largest absolute Gasteiger partial charge is 0.469 e.